The van der Waals surface area contributed by atoms with Crippen LogP contribution in [0, 0.1) is 5.41 Å². The average Bonchev–Trinajstić information content (AvgIpc) is 3.18. The van der Waals surface area contributed by atoms with E-state index >= 15 is 0 Å². The highest BCUT2D eigenvalue weighted by atomic mass is 35.5. The Morgan fingerprint density at radius 3 is 2.75 bits per heavy atom. The van der Waals surface area contributed by atoms with Gasteiger partial charge in [0, 0.05) is 24.9 Å². The summed E-state index contributed by atoms with van der Waals surface area (Å²) in [4.78, 5) is 9.26. The van der Waals surface area contributed by atoms with Crippen molar-refractivity contribution in [2.75, 3.05) is 13.0 Å². The van der Waals surface area contributed by atoms with E-state index in [1.165, 1.54) is 19.3 Å². The molecule has 0 aromatic carbocycles. The van der Waals surface area contributed by atoms with Crippen LogP contribution >= 0.6 is 11.6 Å². The first-order chi connectivity index (χ1) is 9.71. The third-order valence-corrected chi connectivity index (χ3v) is 4.56. The molecule has 0 unspecified atom stereocenters. The van der Waals surface area contributed by atoms with Crippen molar-refractivity contribution in [3.05, 3.63) is 18.0 Å². The van der Waals surface area contributed by atoms with Gasteiger partial charge >= 0.3 is 0 Å². The van der Waals surface area contributed by atoms with Gasteiger partial charge in [0.05, 0.1) is 7.11 Å². The van der Waals surface area contributed by atoms with E-state index in [1.54, 1.807) is 7.11 Å². The zero-order valence-corrected chi connectivity index (χ0v) is 12.8. The molecule has 0 radical (unpaired) electrons. The SMILES string of the molecule is CCC1(Cn2c(CCCl)nc3ccc(OC)nc32)CC1. The van der Waals surface area contributed by atoms with E-state index in [9.17, 15) is 0 Å². The predicted molar refractivity (Wildman–Crippen MR) is 80.5 cm³/mol. The molecule has 0 N–H and O–H groups in total. The van der Waals surface area contributed by atoms with Gasteiger partial charge in [0.25, 0.3) is 0 Å². The maximum atomic E-state index is 5.92. The molecule has 5 heteroatoms. The van der Waals surface area contributed by atoms with Crippen molar-refractivity contribution < 1.29 is 4.74 Å². The second-order valence-corrected chi connectivity index (χ2v) is 5.98. The molecule has 0 spiro atoms. The van der Waals surface area contributed by atoms with Gasteiger partial charge in [0.1, 0.15) is 11.3 Å². The lowest BCUT2D eigenvalue weighted by atomic mass is 10.0. The largest absolute Gasteiger partial charge is 0.481 e. The lowest BCUT2D eigenvalue weighted by molar-refractivity contribution is 0.393. The summed E-state index contributed by atoms with van der Waals surface area (Å²) in [6.07, 6.45) is 4.58. The molecule has 0 amide bonds. The van der Waals surface area contributed by atoms with E-state index in [0.29, 0.717) is 17.2 Å². The van der Waals surface area contributed by atoms with Crippen molar-refractivity contribution in [3.8, 4) is 5.88 Å². The van der Waals surface area contributed by atoms with Crippen molar-refractivity contribution in [2.45, 2.75) is 39.2 Å². The topological polar surface area (TPSA) is 39.9 Å². The molecule has 2 aromatic heterocycles. The second kappa shape index (κ2) is 5.24. The first-order valence-electron chi connectivity index (χ1n) is 7.17. The van der Waals surface area contributed by atoms with Crippen molar-refractivity contribution in [1.29, 1.82) is 0 Å². The van der Waals surface area contributed by atoms with Gasteiger partial charge in [-0.3, -0.25) is 0 Å². The third-order valence-electron chi connectivity index (χ3n) is 4.37. The van der Waals surface area contributed by atoms with Crippen LogP contribution in [0.25, 0.3) is 11.2 Å². The molecule has 1 aliphatic rings. The molecule has 3 rings (SSSR count). The number of fused-ring (bicyclic) bond motifs is 1. The fraction of sp³-hybridized carbons (Fsp3) is 0.600. The Morgan fingerprint density at radius 1 is 1.35 bits per heavy atom. The summed E-state index contributed by atoms with van der Waals surface area (Å²) in [5.41, 5.74) is 2.29. The number of pyridine rings is 1. The summed E-state index contributed by atoms with van der Waals surface area (Å²) in [6.45, 7) is 3.26. The highest BCUT2D eigenvalue weighted by Crippen LogP contribution is 2.50. The first-order valence-corrected chi connectivity index (χ1v) is 7.71. The summed E-state index contributed by atoms with van der Waals surface area (Å²) >= 11 is 5.92. The van der Waals surface area contributed by atoms with Gasteiger partial charge in [-0.15, -0.1) is 11.6 Å². The van der Waals surface area contributed by atoms with E-state index in [1.807, 2.05) is 12.1 Å². The molecule has 1 fully saturated rings. The Bertz CT molecular complexity index is 619. The molecule has 4 nitrogen and oxygen atoms in total. The number of hydrogen-bond acceptors (Lipinski definition) is 3. The van der Waals surface area contributed by atoms with Gasteiger partial charge in [-0.25, -0.2) is 4.98 Å². The second-order valence-electron chi connectivity index (χ2n) is 5.60. The van der Waals surface area contributed by atoms with E-state index in [0.717, 1.165) is 30.0 Å². The monoisotopic (exact) mass is 293 g/mol. The minimum absolute atomic E-state index is 0.444. The quantitative estimate of drug-likeness (QED) is 0.766. The van der Waals surface area contributed by atoms with Crippen LogP contribution < -0.4 is 4.74 Å². The highest BCUT2D eigenvalue weighted by molar-refractivity contribution is 6.17. The lowest BCUT2D eigenvalue weighted by Gasteiger charge is -2.16. The van der Waals surface area contributed by atoms with Gasteiger partial charge in [-0.2, -0.15) is 4.98 Å². The summed E-state index contributed by atoms with van der Waals surface area (Å²) in [5.74, 6) is 2.26. The van der Waals surface area contributed by atoms with Crippen molar-refractivity contribution >= 4 is 22.8 Å². The number of imidazole rings is 1. The van der Waals surface area contributed by atoms with E-state index in [2.05, 4.69) is 21.5 Å². The number of nitrogens with zero attached hydrogens (tertiary/aromatic N) is 3. The Labute approximate surface area is 124 Å². The fourth-order valence-electron chi connectivity index (χ4n) is 2.72. The molecular formula is C15H20ClN3O. The maximum Gasteiger partial charge on any atom is 0.215 e. The highest BCUT2D eigenvalue weighted by Gasteiger charge is 2.41. The molecule has 0 atom stereocenters. The molecule has 108 valence electrons. The van der Waals surface area contributed by atoms with Crippen molar-refractivity contribution in [3.63, 3.8) is 0 Å². The molecule has 1 saturated carbocycles. The Morgan fingerprint density at radius 2 is 2.15 bits per heavy atom. The number of methoxy groups -OCH3 is 1. The van der Waals surface area contributed by atoms with Crippen molar-refractivity contribution in [2.24, 2.45) is 5.41 Å². The van der Waals surface area contributed by atoms with Crippen LogP contribution in [-0.2, 0) is 13.0 Å². The lowest BCUT2D eigenvalue weighted by Crippen LogP contribution is -2.14. The van der Waals surface area contributed by atoms with Gasteiger partial charge in [0.2, 0.25) is 5.88 Å². The standard InChI is InChI=1S/C15H20ClN3O/c1-3-15(7-8-15)10-19-12(6-9-16)17-11-4-5-13(20-2)18-14(11)19/h4-5H,3,6-10H2,1-2H3. The molecule has 1 aliphatic carbocycles. The van der Waals surface area contributed by atoms with Crippen LogP contribution in [0.5, 0.6) is 5.88 Å². The molecule has 20 heavy (non-hydrogen) atoms. The van der Waals surface area contributed by atoms with Crippen LogP contribution in [0.1, 0.15) is 32.0 Å². The average molecular weight is 294 g/mol. The summed E-state index contributed by atoms with van der Waals surface area (Å²) in [6, 6.07) is 3.83. The predicted octanol–water partition coefficient (Wildman–Crippen LogP) is 3.41. The number of rotatable bonds is 6. The van der Waals surface area contributed by atoms with Crippen LogP contribution in [0.3, 0.4) is 0 Å². The Balaban J connectivity index is 2.06. The normalized spacial score (nSPS) is 16.6. The summed E-state index contributed by atoms with van der Waals surface area (Å²) in [5, 5.41) is 0. The number of aromatic nitrogens is 3. The summed E-state index contributed by atoms with van der Waals surface area (Å²) < 4.78 is 7.49. The fourth-order valence-corrected chi connectivity index (χ4v) is 2.89. The van der Waals surface area contributed by atoms with Gasteiger partial charge in [0.15, 0.2) is 5.65 Å². The van der Waals surface area contributed by atoms with E-state index in [-0.39, 0.29) is 0 Å². The van der Waals surface area contributed by atoms with Gasteiger partial charge in [-0.1, -0.05) is 6.92 Å². The molecular weight excluding hydrogens is 274 g/mol. The van der Waals surface area contributed by atoms with E-state index < -0.39 is 0 Å². The number of hydrogen-bond donors (Lipinski definition) is 0. The van der Waals surface area contributed by atoms with Crippen LogP contribution in [0.2, 0.25) is 0 Å². The maximum absolute atomic E-state index is 5.92. The molecule has 0 bridgehead atoms. The third kappa shape index (κ3) is 2.37. The van der Waals surface area contributed by atoms with Crippen LogP contribution in [0.15, 0.2) is 12.1 Å². The molecule has 0 saturated heterocycles. The number of aryl methyl sites for hydroxylation is 1. The minimum Gasteiger partial charge on any atom is -0.481 e. The van der Waals surface area contributed by atoms with Gasteiger partial charge < -0.3 is 9.30 Å². The van der Waals surface area contributed by atoms with Gasteiger partial charge in [-0.05, 0) is 30.7 Å². The zero-order valence-electron chi connectivity index (χ0n) is 12.0. The molecule has 2 heterocycles. The Hall–Kier alpha value is -1.29. The van der Waals surface area contributed by atoms with Crippen molar-refractivity contribution in [1.82, 2.24) is 14.5 Å². The summed E-state index contributed by atoms with van der Waals surface area (Å²) in [7, 11) is 1.64. The zero-order chi connectivity index (χ0) is 14.2. The van der Waals surface area contributed by atoms with Crippen LogP contribution in [-0.4, -0.2) is 27.5 Å². The van der Waals surface area contributed by atoms with Crippen LogP contribution in [0.4, 0.5) is 0 Å². The number of alkyl halides is 1. The Kier molecular flexibility index (Phi) is 3.59. The number of ether oxygens (including phenoxy) is 1. The van der Waals surface area contributed by atoms with E-state index in [4.69, 9.17) is 16.3 Å². The first kappa shape index (κ1) is 13.7. The molecule has 0 aliphatic heterocycles. The minimum atomic E-state index is 0.444. The molecule has 2 aromatic rings. The number of halogens is 1. The smallest absolute Gasteiger partial charge is 0.215 e.